The van der Waals surface area contributed by atoms with Crippen molar-refractivity contribution in [2.24, 2.45) is 0 Å². The van der Waals surface area contributed by atoms with Gasteiger partial charge in [0.1, 0.15) is 0 Å². The van der Waals surface area contributed by atoms with E-state index in [9.17, 15) is 4.79 Å². The van der Waals surface area contributed by atoms with Gasteiger partial charge in [-0.2, -0.15) is 0 Å². The lowest BCUT2D eigenvalue weighted by molar-refractivity contribution is -0.114. The third-order valence-corrected chi connectivity index (χ3v) is 2.54. The van der Waals surface area contributed by atoms with E-state index in [4.69, 9.17) is 0 Å². The van der Waals surface area contributed by atoms with Gasteiger partial charge in [-0.1, -0.05) is 13.8 Å². The number of nitrogens with one attached hydrogen (secondary N) is 1. The fourth-order valence-electron chi connectivity index (χ4n) is 1.02. The first-order valence-electron chi connectivity index (χ1n) is 4.48. The molecule has 1 aromatic rings. The zero-order valence-corrected chi connectivity index (χ0v) is 9.39. The van der Waals surface area contributed by atoms with Gasteiger partial charge >= 0.3 is 0 Å². The molecule has 1 amide bonds. The van der Waals surface area contributed by atoms with Gasteiger partial charge in [-0.15, -0.1) is 11.8 Å². The molecule has 14 heavy (non-hydrogen) atoms. The van der Waals surface area contributed by atoms with E-state index in [1.54, 1.807) is 24.2 Å². The molecule has 1 N–H and O–H groups in total. The van der Waals surface area contributed by atoms with Crippen LogP contribution in [0.4, 0.5) is 5.69 Å². The second kappa shape index (κ2) is 5.00. The van der Waals surface area contributed by atoms with Crippen LogP contribution in [0.3, 0.4) is 0 Å². The highest BCUT2D eigenvalue weighted by Crippen LogP contribution is 2.29. The highest BCUT2D eigenvalue weighted by Gasteiger charge is 2.05. The van der Waals surface area contributed by atoms with E-state index in [-0.39, 0.29) is 5.91 Å². The van der Waals surface area contributed by atoms with Crippen molar-refractivity contribution in [1.29, 1.82) is 0 Å². The Morgan fingerprint density at radius 2 is 2.29 bits per heavy atom. The summed E-state index contributed by atoms with van der Waals surface area (Å²) in [6, 6.07) is 1.91. The third-order valence-electron chi connectivity index (χ3n) is 1.45. The number of rotatable bonds is 3. The molecule has 0 saturated carbocycles. The van der Waals surface area contributed by atoms with E-state index in [0.29, 0.717) is 5.25 Å². The highest BCUT2D eigenvalue weighted by molar-refractivity contribution is 8.00. The van der Waals surface area contributed by atoms with Gasteiger partial charge in [0.25, 0.3) is 0 Å². The van der Waals surface area contributed by atoms with Crippen LogP contribution in [0.1, 0.15) is 20.8 Å². The molecule has 0 spiro atoms. The van der Waals surface area contributed by atoms with Gasteiger partial charge in [-0.05, 0) is 6.07 Å². The number of carbonyl (C=O) groups is 1. The van der Waals surface area contributed by atoms with Gasteiger partial charge in [0.2, 0.25) is 5.91 Å². The first-order valence-corrected chi connectivity index (χ1v) is 5.36. The number of hydrogen-bond acceptors (Lipinski definition) is 3. The van der Waals surface area contributed by atoms with E-state index >= 15 is 0 Å². The van der Waals surface area contributed by atoms with Crippen LogP contribution in [0.2, 0.25) is 0 Å². The maximum Gasteiger partial charge on any atom is 0.221 e. The lowest BCUT2D eigenvalue weighted by Gasteiger charge is -2.10. The third kappa shape index (κ3) is 3.38. The van der Waals surface area contributed by atoms with Crippen LogP contribution < -0.4 is 5.32 Å². The number of hydrogen-bond donors (Lipinski definition) is 1. The number of nitrogens with zero attached hydrogens (tertiary/aromatic N) is 1. The summed E-state index contributed by atoms with van der Waals surface area (Å²) < 4.78 is 0. The number of aromatic nitrogens is 1. The average molecular weight is 210 g/mol. The average Bonchev–Trinajstić information content (AvgIpc) is 2.06. The molecular formula is C10H14N2OS. The molecule has 1 aromatic heterocycles. The van der Waals surface area contributed by atoms with Crippen molar-refractivity contribution < 1.29 is 4.79 Å². The van der Waals surface area contributed by atoms with E-state index in [0.717, 1.165) is 10.6 Å². The Kier molecular flexibility index (Phi) is 3.95. The predicted octanol–water partition coefficient (Wildman–Crippen LogP) is 2.54. The molecule has 0 aliphatic heterocycles. The van der Waals surface area contributed by atoms with Crippen LogP contribution in [-0.2, 0) is 4.79 Å². The smallest absolute Gasteiger partial charge is 0.221 e. The Bertz CT molecular complexity index is 326. The first kappa shape index (κ1) is 11.0. The summed E-state index contributed by atoms with van der Waals surface area (Å²) in [6.07, 6.45) is 3.40. The van der Waals surface area contributed by atoms with E-state index in [1.807, 2.05) is 6.07 Å². The second-order valence-corrected chi connectivity index (χ2v) is 4.84. The van der Waals surface area contributed by atoms with Gasteiger partial charge in [0.15, 0.2) is 0 Å². The van der Waals surface area contributed by atoms with Crippen molar-refractivity contribution in [1.82, 2.24) is 4.98 Å². The van der Waals surface area contributed by atoms with Crippen LogP contribution in [0, 0.1) is 0 Å². The summed E-state index contributed by atoms with van der Waals surface area (Å²) in [4.78, 5) is 15.9. The summed E-state index contributed by atoms with van der Waals surface area (Å²) in [6.45, 7) is 5.72. The van der Waals surface area contributed by atoms with Gasteiger partial charge in [0.05, 0.1) is 11.9 Å². The standard InChI is InChI=1S/C10H14N2OS/c1-7(2)14-10-4-5-11-6-9(10)12-8(3)13/h4-7H,1-3H3,(H,12,13). The Morgan fingerprint density at radius 3 is 2.86 bits per heavy atom. The van der Waals surface area contributed by atoms with Gasteiger partial charge in [-0.25, -0.2) is 0 Å². The van der Waals surface area contributed by atoms with Crippen molar-refractivity contribution in [3.63, 3.8) is 0 Å². The first-order chi connectivity index (χ1) is 6.59. The van der Waals surface area contributed by atoms with Crippen molar-refractivity contribution >= 4 is 23.4 Å². The molecule has 0 fully saturated rings. The molecule has 0 saturated heterocycles. The van der Waals surface area contributed by atoms with Gasteiger partial charge in [0, 0.05) is 23.3 Å². The van der Waals surface area contributed by atoms with Crippen molar-refractivity contribution in [3.8, 4) is 0 Å². The fourth-order valence-corrected chi connectivity index (χ4v) is 1.90. The maximum absolute atomic E-state index is 10.9. The molecule has 0 atom stereocenters. The monoisotopic (exact) mass is 210 g/mol. The van der Waals surface area contributed by atoms with Crippen molar-refractivity contribution in [2.45, 2.75) is 30.9 Å². The fraction of sp³-hybridized carbons (Fsp3) is 0.400. The SMILES string of the molecule is CC(=O)Nc1cnccc1SC(C)C. The molecule has 0 bridgehead atoms. The lowest BCUT2D eigenvalue weighted by atomic mass is 10.4. The minimum absolute atomic E-state index is 0.0661. The summed E-state index contributed by atoms with van der Waals surface area (Å²) in [7, 11) is 0. The summed E-state index contributed by atoms with van der Waals surface area (Å²) in [5.41, 5.74) is 0.790. The molecule has 0 aliphatic rings. The summed E-state index contributed by atoms with van der Waals surface area (Å²) in [5.74, 6) is -0.0661. The van der Waals surface area contributed by atoms with E-state index in [1.165, 1.54) is 6.92 Å². The number of amides is 1. The minimum Gasteiger partial charge on any atom is -0.324 e. The predicted molar refractivity (Wildman–Crippen MR) is 59.5 cm³/mol. The van der Waals surface area contributed by atoms with Gasteiger partial charge in [-0.3, -0.25) is 9.78 Å². The molecule has 1 rings (SSSR count). The van der Waals surface area contributed by atoms with Crippen LogP contribution in [0.5, 0.6) is 0 Å². The van der Waals surface area contributed by atoms with Crippen LogP contribution in [0.15, 0.2) is 23.4 Å². The largest absolute Gasteiger partial charge is 0.324 e. The topological polar surface area (TPSA) is 42.0 Å². The maximum atomic E-state index is 10.9. The Labute approximate surface area is 88.3 Å². The molecule has 0 aliphatic carbocycles. The zero-order valence-electron chi connectivity index (χ0n) is 8.57. The molecule has 3 nitrogen and oxygen atoms in total. The van der Waals surface area contributed by atoms with Crippen molar-refractivity contribution in [3.05, 3.63) is 18.5 Å². The highest BCUT2D eigenvalue weighted by atomic mass is 32.2. The normalized spacial score (nSPS) is 10.3. The zero-order chi connectivity index (χ0) is 10.6. The van der Waals surface area contributed by atoms with Crippen LogP contribution in [0.25, 0.3) is 0 Å². The Balaban J connectivity index is 2.85. The molecule has 0 aromatic carbocycles. The number of anilines is 1. The quantitative estimate of drug-likeness (QED) is 0.779. The Morgan fingerprint density at radius 1 is 1.57 bits per heavy atom. The molecule has 1 heterocycles. The lowest BCUT2D eigenvalue weighted by Crippen LogP contribution is -2.07. The minimum atomic E-state index is -0.0661. The van der Waals surface area contributed by atoms with Crippen LogP contribution in [-0.4, -0.2) is 16.1 Å². The molecule has 0 radical (unpaired) electrons. The number of carbonyl (C=O) groups excluding carboxylic acids is 1. The number of thioether (sulfide) groups is 1. The van der Waals surface area contributed by atoms with E-state index < -0.39 is 0 Å². The molecular weight excluding hydrogens is 196 g/mol. The summed E-state index contributed by atoms with van der Waals surface area (Å²) in [5, 5.41) is 3.25. The summed E-state index contributed by atoms with van der Waals surface area (Å²) >= 11 is 1.71. The van der Waals surface area contributed by atoms with Crippen LogP contribution >= 0.6 is 11.8 Å². The molecule has 0 unspecified atom stereocenters. The van der Waals surface area contributed by atoms with E-state index in [2.05, 4.69) is 24.1 Å². The van der Waals surface area contributed by atoms with Crippen molar-refractivity contribution in [2.75, 3.05) is 5.32 Å². The second-order valence-electron chi connectivity index (χ2n) is 3.22. The van der Waals surface area contributed by atoms with Gasteiger partial charge < -0.3 is 5.32 Å². The molecule has 4 heteroatoms. The molecule has 76 valence electrons. The number of pyridine rings is 1. The Hall–Kier alpha value is -1.03.